The van der Waals surface area contributed by atoms with Crippen LogP contribution in [-0.2, 0) is 23.5 Å². The van der Waals surface area contributed by atoms with Crippen molar-refractivity contribution >= 4 is 45.5 Å². The van der Waals surface area contributed by atoms with Crippen LogP contribution < -0.4 is 4.72 Å². The van der Waals surface area contributed by atoms with Crippen LogP contribution in [0.4, 0.5) is 5.69 Å². The van der Waals surface area contributed by atoms with Crippen LogP contribution >= 0.6 is 24.0 Å². The molecule has 9 heteroatoms. The molecule has 33 heavy (non-hydrogen) atoms. The number of nitrogens with one attached hydrogen (secondary N) is 1. The lowest BCUT2D eigenvalue weighted by molar-refractivity contribution is 0.103. The summed E-state index contributed by atoms with van der Waals surface area (Å²) in [5.41, 5.74) is 4.71. The first-order valence-electron chi connectivity index (χ1n) is 10.3. The summed E-state index contributed by atoms with van der Waals surface area (Å²) in [6.45, 7) is 2.38. The lowest BCUT2D eigenvalue weighted by Crippen LogP contribution is -2.26. The number of halogens is 2. The minimum absolute atomic E-state index is 0. The van der Waals surface area contributed by atoms with E-state index in [4.69, 9.17) is 11.6 Å². The third-order valence-electron chi connectivity index (χ3n) is 5.26. The van der Waals surface area contributed by atoms with Gasteiger partial charge in [-0.15, -0.1) is 12.4 Å². The molecule has 0 aliphatic carbocycles. The molecule has 178 valence electrons. The molecule has 1 N–H and O–H groups in total. The molecular formula is C24H29Cl2N3O3S. The Morgan fingerprint density at radius 3 is 2.24 bits per heavy atom. The maximum Gasteiger partial charge on any atom is 0.233 e. The Kier molecular flexibility index (Phi) is 9.14. The van der Waals surface area contributed by atoms with Crippen molar-refractivity contribution in [1.29, 1.82) is 0 Å². The SMILES string of the molecule is Cc1cc(Cc2ccc(NS(=O)(=O)CCN(C)C)cc2)n(C)c1C(=O)c1ccc(Cl)cc1.Cl. The molecule has 0 bridgehead atoms. The van der Waals surface area contributed by atoms with Crippen molar-refractivity contribution in [3.8, 4) is 0 Å². The van der Waals surface area contributed by atoms with E-state index in [2.05, 4.69) is 4.72 Å². The zero-order chi connectivity index (χ0) is 23.5. The predicted molar refractivity (Wildman–Crippen MR) is 137 cm³/mol. The van der Waals surface area contributed by atoms with Crippen LogP contribution in [0.1, 0.15) is 32.9 Å². The zero-order valence-corrected chi connectivity index (χ0v) is 21.5. The van der Waals surface area contributed by atoms with E-state index in [-0.39, 0.29) is 23.9 Å². The van der Waals surface area contributed by atoms with Gasteiger partial charge in [0.15, 0.2) is 0 Å². The highest BCUT2D eigenvalue weighted by Gasteiger charge is 2.19. The number of anilines is 1. The number of hydrogen-bond donors (Lipinski definition) is 1. The van der Waals surface area contributed by atoms with Crippen LogP contribution in [0.5, 0.6) is 0 Å². The van der Waals surface area contributed by atoms with E-state index < -0.39 is 10.0 Å². The fourth-order valence-electron chi connectivity index (χ4n) is 3.50. The van der Waals surface area contributed by atoms with Crippen molar-refractivity contribution in [1.82, 2.24) is 9.47 Å². The Balaban J connectivity index is 0.00000385. The van der Waals surface area contributed by atoms with Gasteiger partial charge in [-0.2, -0.15) is 0 Å². The molecule has 0 spiro atoms. The van der Waals surface area contributed by atoms with Crippen LogP contribution in [0.3, 0.4) is 0 Å². The average Bonchev–Trinajstić information content (AvgIpc) is 3.01. The number of sulfonamides is 1. The lowest BCUT2D eigenvalue weighted by atomic mass is 10.1. The third kappa shape index (κ3) is 7.08. The number of hydrogen-bond acceptors (Lipinski definition) is 4. The fourth-order valence-corrected chi connectivity index (χ4v) is 4.82. The zero-order valence-electron chi connectivity index (χ0n) is 19.1. The number of ketones is 1. The van der Waals surface area contributed by atoms with E-state index in [1.807, 2.05) is 55.7 Å². The second kappa shape index (κ2) is 11.2. The van der Waals surface area contributed by atoms with E-state index in [0.29, 0.717) is 34.9 Å². The minimum atomic E-state index is -3.39. The standard InChI is InChI=1S/C24H28ClN3O3S.ClH/c1-17-15-22(28(4)23(17)24(29)19-7-9-20(25)10-8-19)16-18-5-11-21(12-6-18)26-32(30,31)14-13-27(2)3;/h5-12,15,26H,13-14,16H2,1-4H3;1H. The molecule has 6 nitrogen and oxygen atoms in total. The second-order valence-corrected chi connectivity index (χ2v) is 10.4. The number of aryl methyl sites for hydroxylation is 1. The summed E-state index contributed by atoms with van der Waals surface area (Å²) in [5, 5.41) is 0.592. The molecule has 0 amide bonds. The largest absolute Gasteiger partial charge is 0.344 e. The summed E-state index contributed by atoms with van der Waals surface area (Å²) in [6, 6.07) is 16.2. The molecule has 0 saturated carbocycles. The maximum absolute atomic E-state index is 13.0. The normalized spacial score (nSPS) is 11.3. The molecule has 0 aliphatic rings. The molecule has 2 aromatic carbocycles. The van der Waals surface area contributed by atoms with Gasteiger partial charge < -0.3 is 9.47 Å². The quantitative estimate of drug-likeness (QED) is 0.430. The third-order valence-corrected chi connectivity index (χ3v) is 6.78. The maximum atomic E-state index is 13.0. The van der Waals surface area contributed by atoms with Crippen molar-refractivity contribution in [2.24, 2.45) is 7.05 Å². The Labute approximate surface area is 207 Å². The molecule has 3 rings (SSSR count). The molecule has 0 unspecified atom stereocenters. The van der Waals surface area contributed by atoms with Crippen molar-refractivity contribution < 1.29 is 13.2 Å². The van der Waals surface area contributed by atoms with Gasteiger partial charge in [0.25, 0.3) is 0 Å². The number of rotatable bonds is 9. The summed E-state index contributed by atoms with van der Waals surface area (Å²) >= 11 is 5.94. The summed E-state index contributed by atoms with van der Waals surface area (Å²) in [5.74, 6) is -0.00942. The van der Waals surface area contributed by atoms with Crippen LogP contribution in [0, 0.1) is 6.92 Å². The van der Waals surface area contributed by atoms with Crippen molar-refractivity contribution in [3.63, 3.8) is 0 Å². The topological polar surface area (TPSA) is 71.4 Å². The monoisotopic (exact) mass is 509 g/mol. The summed E-state index contributed by atoms with van der Waals surface area (Å²) < 4.78 is 28.9. The number of carbonyl (C=O) groups is 1. The molecule has 3 aromatic rings. The van der Waals surface area contributed by atoms with Gasteiger partial charge in [0.1, 0.15) is 0 Å². The lowest BCUT2D eigenvalue weighted by Gasteiger charge is -2.12. The highest BCUT2D eigenvalue weighted by atomic mass is 35.5. The number of nitrogens with zero attached hydrogens (tertiary/aromatic N) is 2. The van der Waals surface area contributed by atoms with Gasteiger partial charge in [0.2, 0.25) is 15.8 Å². The summed E-state index contributed by atoms with van der Waals surface area (Å²) in [6.07, 6.45) is 0.624. The molecule has 0 aliphatic heterocycles. The van der Waals surface area contributed by atoms with Gasteiger partial charge >= 0.3 is 0 Å². The summed E-state index contributed by atoms with van der Waals surface area (Å²) in [7, 11) is 2.17. The molecule has 0 radical (unpaired) electrons. The molecule has 1 heterocycles. The Hall–Kier alpha value is -2.32. The summed E-state index contributed by atoms with van der Waals surface area (Å²) in [4.78, 5) is 14.8. The van der Waals surface area contributed by atoms with Gasteiger partial charge in [0, 0.05) is 42.0 Å². The van der Waals surface area contributed by atoms with E-state index >= 15 is 0 Å². The van der Waals surface area contributed by atoms with Gasteiger partial charge in [-0.3, -0.25) is 9.52 Å². The Morgan fingerprint density at radius 2 is 1.67 bits per heavy atom. The molecule has 0 fully saturated rings. The first-order chi connectivity index (χ1) is 15.1. The van der Waals surface area contributed by atoms with Crippen LogP contribution in [-0.4, -0.2) is 50.1 Å². The van der Waals surface area contributed by atoms with Crippen molar-refractivity contribution in [2.45, 2.75) is 13.3 Å². The first kappa shape index (κ1) is 26.9. The van der Waals surface area contributed by atoms with Crippen molar-refractivity contribution in [3.05, 3.63) is 87.7 Å². The highest BCUT2D eigenvalue weighted by molar-refractivity contribution is 7.92. The molecular weight excluding hydrogens is 481 g/mol. The first-order valence-corrected chi connectivity index (χ1v) is 12.3. The van der Waals surface area contributed by atoms with Crippen LogP contribution in [0.15, 0.2) is 54.6 Å². The number of benzene rings is 2. The van der Waals surface area contributed by atoms with E-state index in [9.17, 15) is 13.2 Å². The van der Waals surface area contributed by atoms with Gasteiger partial charge in [-0.25, -0.2) is 8.42 Å². The smallest absolute Gasteiger partial charge is 0.233 e. The number of aromatic nitrogens is 1. The molecule has 0 saturated heterocycles. The van der Waals surface area contributed by atoms with E-state index in [0.717, 1.165) is 16.8 Å². The van der Waals surface area contributed by atoms with Crippen LogP contribution in [0.2, 0.25) is 5.02 Å². The highest BCUT2D eigenvalue weighted by Crippen LogP contribution is 2.22. The van der Waals surface area contributed by atoms with Crippen LogP contribution in [0.25, 0.3) is 0 Å². The van der Waals surface area contributed by atoms with Gasteiger partial charge in [0.05, 0.1) is 11.4 Å². The number of carbonyl (C=O) groups excluding carboxylic acids is 1. The van der Waals surface area contributed by atoms with E-state index in [1.54, 1.807) is 36.4 Å². The predicted octanol–water partition coefficient (Wildman–Crippen LogP) is 4.53. The molecule has 0 atom stereocenters. The average molecular weight is 510 g/mol. The van der Waals surface area contributed by atoms with E-state index in [1.165, 1.54) is 0 Å². The minimum Gasteiger partial charge on any atom is -0.344 e. The van der Waals surface area contributed by atoms with Crippen molar-refractivity contribution in [2.75, 3.05) is 31.1 Å². The second-order valence-electron chi connectivity index (χ2n) is 8.16. The molecule has 1 aromatic heterocycles. The van der Waals surface area contributed by atoms with Gasteiger partial charge in [-0.1, -0.05) is 23.7 Å². The van der Waals surface area contributed by atoms with Gasteiger partial charge in [-0.05, 0) is 74.6 Å². The Morgan fingerprint density at radius 1 is 1.06 bits per heavy atom. The Bertz CT molecular complexity index is 1200. The fraction of sp³-hybridized carbons (Fsp3) is 0.292.